The van der Waals surface area contributed by atoms with Gasteiger partial charge in [0.05, 0.1) is 35.2 Å². The number of carbonyl (C=O) groups is 1. The highest BCUT2D eigenvalue weighted by Gasteiger charge is 2.59. The molecule has 4 saturated carbocycles. The largest absolute Gasteiger partial charge is 0.481 e. The summed E-state index contributed by atoms with van der Waals surface area (Å²) in [7, 11) is 1.80. The zero-order valence-corrected chi connectivity index (χ0v) is 21.7. The van der Waals surface area contributed by atoms with Crippen molar-refractivity contribution in [3.63, 3.8) is 0 Å². The standard InChI is InChI=1S/C27H30ClN5O4/c1-16-23(25(37)32(31(16)2)19-6-4-3-5-7-19)30-20-14-29-33(24(36)22(20)28)27-11-17-8-18(12-27)10-26(9-17,15-27)13-21(34)35/h3-7,14,17-18,30H,8-13,15H2,1-2H3,(H,34,35). The molecule has 10 heteroatoms. The second-order valence-electron chi connectivity index (χ2n) is 11.4. The first kappa shape index (κ1) is 24.0. The molecule has 0 aliphatic heterocycles. The number of hydrogen-bond donors (Lipinski definition) is 2. The van der Waals surface area contributed by atoms with E-state index in [0.717, 1.165) is 37.8 Å². The molecule has 0 amide bonds. The first-order chi connectivity index (χ1) is 17.6. The lowest BCUT2D eigenvalue weighted by Gasteiger charge is -2.61. The minimum atomic E-state index is -0.783. The zero-order valence-electron chi connectivity index (χ0n) is 20.9. The van der Waals surface area contributed by atoms with E-state index in [9.17, 15) is 19.5 Å². The molecule has 2 atom stereocenters. The number of nitrogens with zero attached hydrogens (tertiary/aromatic N) is 4. The Labute approximate surface area is 218 Å². The normalized spacial score (nSPS) is 28.0. The lowest BCUT2D eigenvalue weighted by atomic mass is 9.46. The van der Waals surface area contributed by atoms with Crippen LogP contribution in [0.4, 0.5) is 11.4 Å². The Morgan fingerprint density at radius 3 is 2.46 bits per heavy atom. The molecule has 0 spiro atoms. The van der Waals surface area contributed by atoms with Crippen molar-refractivity contribution in [2.24, 2.45) is 24.3 Å². The van der Waals surface area contributed by atoms with Crippen LogP contribution in [0.25, 0.3) is 5.69 Å². The molecule has 2 unspecified atom stereocenters. The Balaban J connectivity index is 1.36. The van der Waals surface area contributed by atoms with Gasteiger partial charge in [0.25, 0.3) is 11.1 Å². The summed E-state index contributed by atoms with van der Waals surface area (Å²) in [4.78, 5) is 38.6. The number of aromatic nitrogens is 4. The Morgan fingerprint density at radius 1 is 1.14 bits per heavy atom. The summed E-state index contributed by atoms with van der Waals surface area (Å²) in [6, 6.07) is 9.31. The summed E-state index contributed by atoms with van der Waals surface area (Å²) in [6.07, 6.45) is 6.82. The number of aliphatic carboxylic acids is 1. The third-order valence-electron chi connectivity index (χ3n) is 8.86. The van der Waals surface area contributed by atoms with E-state index in [2.05, 4.69) is 10.4 Å². The van der Waals surface area contributed by atoms with Gasteiger partial charge < -0.3 is 10.4 Å². The Hall–Kier alpha value is -3.33. The quantitative estimate of drug-likeness (QED) is 0.500. The van der Waals surface area contributed by atoms with Crippen LogP contribution in [0.1, 0.15) is 50.6 Å². The Kier molecular flexibility index (Phi) is 5.42. The van der Waals surface area contributed by atoms with Gasteiger partial charge in [0.15, 0.2) is 0 Å². The molecule has 4 fully saturated rings. The van der Waals surface area contributed by atoms with Gasteiger partial charge in [0.2, 0.25) is 0 Å². The summed E-state index contributed by atoms with van der Waals surface area (Å²) in [5.74, 6) is 0.0120. The molecule has 37 heavy (non-hydrogen) atoms. The third-order valence-corrected chi connectivity index (χ3v) is 9.22. The van der Waals surface area contributed by atoms with Gasteiger partial charge in [0, 0.05) is 7.05 Å². The van der Waals surface area contributed by atoms with Crippen molar-refractivity contribution >= 4 is 28.9 Å². The molecule has 3 aromatic rings. The van der Waals surface area contributed by atoms with Crippen molar-refractivity contribution in [3.8, 4) is 5.69 Å². The second kappa shape index (κ2) is 8.34. The molecular formula is C27H30ClN5O4. The molecule has 4 aliphatic rings. The number of hydrogen-bond acceptors (Lipinski definition) is 5. The minimum absolute atomic E-state index is 0.0213. The van der Waals surface area contributed by atoms with Crippen LogP contribution in [0.5, 0.6) is 0 Å². The van der Waals surface area contributed by atoms with Crippen molar-refractivity contribution in [1.29, 1.82) is 0 Å². The smallest absolute Gasteiger partial charge is 0.303 e. The highest BCUT2D eigenvalue weighted by atomic mass is 35.5. The van der Waals surface area contributed by atoms with E-state index in [1.165, 1.54) is 10.9 Å². The van der Waals surface area contributed by atoms with Crippen molar-refractivity contribution in [2.75, 3.05) is 5.32 Å². The second-order valence-corrected chi connectivity index (χ2v) is 11.8. The summed E-state index contributed by atoms with van der Waals surface area (Å²) >= 11 is 6.63. The molecule has 0 saturated heterocycles. The fourth-order valence-corrected chi connectivity index (χ4v) is 8.06. The van der Waals surface area contributed by atoms with Crippen molar-refractivity contribution < 1.29 is 9.90 Å². The van der Waals surface area contributed by atoms with Crippen molar-refractivity contribution in [2.45, 2.75) is 57.4 Å². The van der Waals surface area contributed by atoms with Gasteiger partial charge in [-0.25, -0.2) is 9.36 Å². The SMILES string of the molecule is Cc1c(Nc2cnn(C34CC5CC(CC(CC(=O)O)(C5)C3)C4)c(=O)c2Cl)c(=O)n(-c2ccccc2)n1C. The number of nitrogens with one attached hydrogen (secondary N) is 1. The van der Waals surface area contributed by atoms with Crippen molar-refractivity contribution in [1.82, 2.24) is 19.1 Å². The van der Waals surface area contributed by atoms with E-state index in [-0.39, 0.29) is 28.1 Å². The van der Waals surface area contributed by atoms with Crippen LogP contribution >= 0.6 is 11.6 Å². The number of carboxylic acid groups (broad SMARTS) is 1. The lowest BCUT2D eigenvalue weighted by molar-refractivity contribution is -0.151. The van der Waals surface area contributed by atoms with E-state index in [1.54, 1.807) is 16.4 Å². The summed E-state index contributed by atoms with van der Waals surface area (Å²) in [5, 5.41) is 17.2. The summed E-state index contributed by atoms with van der Waals surface area (Å²) in [6.45, 7) is 1.82. The summed E-state index contributed by atoms with van der Waals surface area (Å²) in [5.41, 5.74) is 0.542. The predicted molar refractivity (Wildman–Crippen MR) is 140 cm³/mol. The van der Waals surface area contributed by atoms with Crippen LogP contribution in [0, 0.1) is 24.2 Å². The van der Waals surface area contributed by atoms with Crippen LogP contribution in [0.3, 0.4) is 0 Å². The number of benzene rings is 1. The van der Waals surface area contributed by atoms with Gasteiger partial charge in [-0.05, 0) is 74.8 Å². The fourth-order valence-electron chi connectivity index (χ4n) is 7.88. The molecule has 7 rings (SSSR count). The van der Waals surface area contributed by atoms with Gasteiger partial charge in [-0.2, -0.15) is 5.10 Å². The first-order valence-corrected chi connectivity index (χ1v) is 13.1. The van der Waals surface area contributed by atoms with E-state index in [4.69, 9.17) is 11.6 Å². The van der Waals surface area contributed by atoms with Gasteiger partial charge in [0.1, 0.15) is 10.7 Å². The average Bonchev–Trinajstić information content (AvgIpc) is 3.03. The minimum Gasteiger partial charge on any atom is -0.481 e. The van der Waals surface area contributed by atoms with E-state index >= 15 is 0 Å². The monoisotopic (exact) mass is 523 g/mol. The highest BCUT2D eigenvalue weighted by Crippen LogP contribution is 2.65. The average molecular weight is 524 g/mol. The van der Waals surface area contributed by atoms with E-state index in [0.29, 0.717) is 29.6 Å². The highest BCUT2D eigenvalue weighted by molar-refractivity contribution is 6.33. The lowest BCUT2D eigenvalue weighted by Crippen LogP contribution is -2.59. The van der Waals surface area contributed by atoms with Gasteiger partial charge >= 0.3 is 5.97 Å². The topological polar surface area (TPSA) is 111 Å². The van der Waals surface area contributed by atoms with Crippen LogP contribution in [0.15, 0.2) is 46.1 Å². The first-order valence-electron chi connectivity index (χ1n) is 12.7. The summed E-state index contributed by atoms with van der Waals surface area (Å²) < 4.78 is 4.83. The fraction of sp³-hybridized carbons (Fsp3) is 0.481. The molecule has 2 heterocycles. The molecule has 4 aliphatic carbocycles. The molecule has 4 bridgehead atoms. The molecule has 2 N–H and O–H groups in total. The zero-order chi connectivity index (χ0) is 26.1. The molecule has 9 nitrogen and oxygen atoms in total. The van der Waals surface area contributed by atoms with Crippen molar-refractivity contribution in [3.05, 3.63) is 68.0 Å². The number of carboxylic acids is 1. The predicted octanol–water partition coefficient (Wildman–Crippen LogP) is 4.21. The number of anilines is 2. The third kappa shape index (κ3) is 3.74. The van der Waals surface area contributed by atoms with Gasteiger partial charge in [-0.15, -0.1) is 0 Å². The molecule has 2 aromatic heterocycles. The Morgan fingerprint density at radius 2 is 1.81 bits per heavy atom. The molecule has 0 radical (unpaired) electrons. The van der Waals surface area contributed by atoms with E-state index < -0.39 is 17.1 Å². The maximum atomic E-state index is 13.6. The number of rotatable bonds is 6. The maximum Gasteiger partial charge on any atom is 0.303 e. The van der Waals surface area contributed by atoms with Crippen LogP contribution in [0.2, 0.25) is 5.02 Å². The van der Waals surface area contributed by atoms with Crippen LogP contribution in [-0.2, 0) is 17.4 Å². The van der Waals surface area contributed by atoms with Gasteiger partial charge in [-0.1, -0.05) is 29.8 Å². The Bertz CT molecular complexity index is 1510. The number of para-hydroxylation sites is 1. The number of halogens is 1. The molecule has 194 valence electrons. The van der Waals surface area contributed by atoms with E-state index in [1.807, 2.05) is 37.3 Å². The molecular weight excluding hydrogens is 494 g/mol. The maximum absolute atomic E-state index is 13.6. The molecule has 1 aromatic carbocycles. The van der Waals surface area contributed by atoms with Crippen LogP contribution in [-0.4, -0.2) is 30.2 Å². The van der Waals surface area contributed by atoms with Crippen LogP contribution < -0.4 is 16.4 Å². The van der Waals surface area contributed by atoms with Gasteiger partial charge in [-0.3, -0.25) is 19.1 Å².